The summed E-state index contributed by atoms with van der Waals surface area (Å²) in [5.41, 5.74) is 0. The Hall–Kier alpha value is -0.970. The highest BCUT2D eigenvalue weighted by molar-refractivity contribution is 6.30. The van der Waals surface area contributed by atoms with Gasteiger partial charge in [-0.3, -0.25) is 4.79 Å². The Morgan fingerprint density at radius 2 is 2.05 bits per heavy atom. The van der Waals surface area contributed by atoms with Crippen LogP contribution in [-0.2, 0) is 4.79 Å². The molecule has 1 amide bonds. The highest BCUT2D eigenvalue weighted by Crippen LogP contribution is 2.15. The van der Waals surface area contributed by atoms with E-state index >= 15 is 0 Å². The van der Waals surface area contributed by atoms with E-state index in [1.807, 2.05) is 19.2 Å². The van der Waals surface area contributed by atoms with Crippen LogP contribution in [0.2, 0.25) is 5.02 Å². The van der Waals surface area contributed by atoms with Gasteiger partial charge >= 0.3 is 0 Å². The molecule has 0 aliphatic carbocycles. The van der Waals surface area contributed by atoms with Crippen LogP contribution in [0.25, 0.3) is 0 Å². The SMILES string of the molecule is CN(CCOc1ccc(Cl)cc1)C(=O)C1CNC1.Cl. The van der Waals surface area contributed by atoms with E-state index in [4.69, 9.17) is 16.3 Å². The Morgan fingerprint density at radius 3 is 2.58 bits per heavy atom. The first kappa shape index (κ1) is 16.1. The van der Waals surface area contributed by atoms with Gasteiger partial charge in [0.25, 0.3) is 0 Å². The zero-order chi connectivity index (χ0) is 13.0. The number of ether oxygens (including phenoxy) is 1. The first-order chi connectivity index (χ1) is 8.66. The molecule has 1 aliphatic heterocycles. The van der Waals surface area contributed by atoms with Crippen LogP contribution in [0, 0.1) is 5.92 Å². The van der Waals surface area contributed by atoms with E-state index in [9.17, 15) is 4.79 Å². The minimum Gasteiger partial charge on any atom is -0.492 e. The van der Waals surface area contributed by atoms with Crippen LogP contribution in [-0.4, -0.2) is 44.1 Å². The molecule has 6 heteroatoms. The number of likely N-dealkylation sites (N-methyl/N-ethyl adjacent to an activating group) is 1. The number of halogens is 2. The third-order valence-electron chi connectivity index (χ3n) is 3.02. The van der Waals surface area contributed by atoms with Gasteiger partial charge in [0, 0.05) is 25.2 Å². The summed E-state index contributed by atoms with van der Waals surface area (Å²) in [6.45, 7) is 2.67. The first-order valence-electron chi connectivity index (χ1n) is 6.01. The van der Waals surface area contributed by atoms with Gasteiger partial charge in [-0.15, -0.1) is 12.4 Å². The number of hydrogen-bond acceptors (Lipinski definition) is 3. The van der Waals surface area contributed by atoms with Crippen molar-refractivity contribution in [2.45, 2.75) is 0 Å². The predicted molar refractivity (Wildman–Crippen MR) is 78.2 cm³/mol. The Labute approximate surface area is 124 Å². The smallest absolute Gasteiger partial charge is 0.228 e. The van der Waals surface area contributed by atoms with Crippen molar-refractivity contribution in [2.75, 3.05) is 33.3 Å². The van der Waals surface area contributed by atoms with Crippen molar-refractivity contribution in [3.8, 4) is 5.75 Å². The molecule has 1 heterocycles. The number of rotatable bonds is 5. The molecule has 1 aromatic rings. The van der Waals surface area contributed by atoms with Crippen molar-refractivity contribution in [3.63, 3.8) is 0 Å². The number of amides is 1. The summed E-state index contributed by atoms with van der Waals surface area (Å²) in [6.07, 6.45) is 0. The number of carbonyl (C=O) groups excluding carboxylic acids is 1. The van der Waals surface area contributed by atoms with Crippen molar-refractivity contribution >= 4 is 29.9 Å². The number of nitrogens with zero attached hydrogens (tertiary/aromatic N) is 1. The van der Waals surface area contributed by atoms with E-state index in [0.717, 1.165) is 18.8 Å². The standard InChI is InChI=1S/C13H17ClN2O2.ClH/c1-16(13(17)10-8-15-9-10)6-7-18-12-4-2-11(14)3-5-12;/h2-5,10,15H,6-9H2,1H3;1H. The molecule has 0 radical (unpaired) electrons. The second kappa shape index (κ2) is 7.58. The van der Waals surface area contributed by atoms with E-state index < -0.39 is 0 Å². The highest BCUT2D eigenvalue weighted by atomic mass is 35.5. The number of benzene rings is 1. The number of hydrogen-bond donors (Lipinski definition) is 1. The van der Waals surface area contributed by atoms with Gasteiger partial charge in [0.2, 0.25) is 5.91 Å². The van der Waals surface area contributed by atoms with Crippen LogP contribution in [0.15, 0.2) is 24.3 Å². The summed E-state index contributed by atoms with van der Waals surface area (Å²) in [7, 11) is 1.81. The molecule has 1 saturated heterocycles. The molecule has 1 N–H and O–H groups in total. The molecule has 1 aromatic carbocycles. The molecule has 0 spiro atoms. The summed E-state index contributed by atoms with van der Waals surface area (Å²) >= 11 is 5.78. The lowest BCUT2D eigenvalue weighted by Gasteiger charge is -2.30. The third kappa shape index (κ3) is 4.56. The molecular formula is C13H18Cl2N2O2. The summed E-state index contributed by atoms with van der Waals surface area (Å²) < 4.78 is 5.55. The quantitative estimate of drug-likeness (QED) is 0.902. The lowest BCUT2D eigenvalue weighted by molar-refractivity contribution is -0.136. The van der Waals surface area contributed by atoms with Gasteiger partial charge in [-0.1, -0.05) is 11.6 Å². The molecule has 2 rings (SSSR count). The van der Waals surface area contributed by atoms with E-state index in [1.165, 1.54) is 0 Å². The Morgan fingerprint density at radius 1 is 1.42 bits per heavy atom. The highest BCUT2D eigenvalue weighted by Gasteiger charge is 2.27. The van der Waals surface area contributed by atoms with Gasteiger partial charge in [-0.2, -0.15) is 0 Å². The zero-order valence-corrected chi connectivity index (χ0v) is 12.3. The molecule has 0 bridgehead atoms. The summed E-state index contributed by atoms with van der Waals surface area (Å²) in [5, 5.41) is 3.78. The van der Waals surface area contributed by atoms with Gasteiger partial charge in [-0.05, 0) is 24.3 Å². The number of nitrogens with one attached hydrogen (secondary N) is 1. The third-order valence-corrected chi connectivity index (χ3v) is 3.27. The summed E-state index contributed by atoms with van der Waals surface area (Å²) in [4.78, 5) is 13.5. The second-order valence-corrected chi connectivity index (χ2v) is 4.85. The fourth-order valence-corrected chi connectivity index (χ4v) is 1.84. The Balaban J connectivity index is 0.00000180. The van der Waals surface area contributed by atoms with Crippen molar-refractivity contribution in [2.24, 2.45) is 5.92 Å². The topological polar surface area (TPSA) is 41.6 Å². The fourth-order valence-electron chi connectivity index (χ4n) is 1.72. The first-order valence-corrected chi connectivity index (χ1v) is 6.38. The van der Waals surface area contributed by atoms with E-state index in [-0.39, 0.29) is 24.2 Å². The molecule has 0 unspecified atom stereocenters. The molecular weight excluding hydrogens is 287 g/mol. The summed E-state index contributed by atoms with van der Waals surface area (Å²) in [6, 6.07) is 7.21. The average Bonchev–Trinajstić information content (AvgIpc) is 2.29. The van der Waals surface area contributed by atoms with Crippen LogP contribution in [0.4, 0.5) is 0 Å². The Bertz CT molecular complexity index is 408. The van der Waals surface area contributed by atoms with E-state index in [0.29, 0.717) is 18.2 Å². The normalized spacial score (nSPS) is 14.2. The molecule has 0 atom stereocenters. The minimum atomic E-state index is 0. The molecule has 106 valence electrons. The van der Waals surface area contributed by atoms with Crippen LogP contribution in [0.3, 0.4) is 0 Å². The second-order valence-electron chi connectivity index (χ2n) is 4.42. The van der Waals surface area contributed by atoms with Crippen LogP contribution in [0.1, 0.15) is 0 Å². The minimum absolute atomic E-state index is 0. The maximum absolute atomic E-state index is 11.8. The molecule has 0 saturated carbocycles. The molecule has 19 heavy (non-hydrogen) atoms. The van der Waals surface area contributed by atoms with Gasteiger partial charge in [-0.25, -0.2) is 0 Å². The van der Waals surface area contributed by atoms with Crippen molar-refractivity contribution in [1.82, 2.24) is 10.2 Å². The van der Waals surface area contributed by atoms with Gasteiger partial charge in [0.05, 0.1) is 12.5 Å². The summed E-state index contributed by atoms with van der Waals surface area (Å²) in [5.74, 6) is 1.10. The number of carbonyl (C=O) groups is 1. The van der Waals surface area contributed by atoms with Crippen molar-refractivity contribution in [1.29, 1.82) is 0 Å². The monoisotopic (exact) mass is 304 g/mol. The average molecular weight is 305 g/mol. The zero-order valence-electron chi connectivity index (χ0n) is 10.8. The lowest BCUT2D eigenvalue weighted by atomic mass is 10.0. The van der Waals surface area contributed by atoms with E-state index in [1.54, 1.807) is 17.0 Å². The molecule has 1 fully saturated rings. The van der Waals surface area contributed by atoms with Crippen LogP contribution in [0.5, 0.6) is 5.75 Å². The molecule has 0 aromatic heterocycles. The Kier molecular flexibility index (Phi) is 6.42. The molecule has 1 aliphatic rings. The van der Waals surface area contributed by atoms with Gasteiger partial charge in [0.15, 0.2) is 0 Å². The van der Waals surface area contributed by atoms with Crippen LogP contribution >= 0.6 is 24.0 Å². The molecule has 4 nitrogen and oxygen atoms in total. The fraction of sp³-hybridized carbons (Fsp3) is 0.462. The van der Waals surface area contributed by atoms with Crippen LogP contribution < -0.4 is 10.1 Å². The predicted octanol–water partition coefficient (Wildman–Crippen LogP) is 1.82. The van der Waals surface area contributed by atoms with Crippen molar-refractivity contribution < 1.29 is 9.53 Å². The largest absolute Gasteiger partial charge is 0.492 e. The maximum Gasteiger partial charge on any atom is 0.228 e. The van der Waals surface area contributed by atoms with E-state index in [2.05, 4.69) is 5.32 Å². The maximum atomic E-state index is 11.8. The lowest BCUT2D eigenvalue weighted by Crippen LogP contribution is -2.51. The van der Waals surface area contributed by atoms with Crippen molar-refractivity contribution in [3.05, 3.63) is 29.3 Å². The van der Waals surface area contributed by atoms with Gasteiger partial charge in [0.1, 0.15) is 12.4 Å². The van der Waals surface area contributed by atoms with Gasteiger partial charge < -0.3 is 15.0 Å².